The zero-order valence-corrected chi connectivity index (χ0v) is 21.3. The largest absolute Gasteiger partial charge is 0.496 e. The van der Waals surface area contributed by atoms with Gasteiger partial charge in [0.2, 0.25) is 5.91 Å². The van der Waals surface area contributed by atoms with Crippen molar-refractivity contribution in [3.63, 3.8) is 0 Å². The van der Waals surface area contributed by atoms with Gasteiger partial charge in [-0.3, -0.25) is 4.79 Å². The smallest absolute Gasteiger partial charge is 0.231 e. The van der Waals surface area contributed by atoms with Crippen LogP contribution < -0.4 is 20.1 Å². The number of rotatable bonds is 12. The summed E-state index contributed by atoms with van der Waals surface area (Å²) in [5, 5.41) is 0. The summed E-state index contributed by atoms with van der Waals surface area (Å²) in [7, 11) is 1.66. The third kappa shape index (κ3) is 7.08. The van der Waals surface area contributed by atoms with Gasteiger partial charge >= 0.3 is 0 Å². The number of aryl methyl sites for hydroxylation is 1. The molecule has 3 aromatic carbocycles. The molecule has 0 saturated heterocycles. The fourth-order valence-corrected chi connectivity index (χ4v) is 4.65. The topological polar surface area (TPSA) is 74.0 Å². The van der Waals surface area contributed by atoms with Crippen LogP contribution in [-0.2, 0) is 29.0 Å². The molecular weight excluding hydrogens is 471 g/mol. The summed E-state index contributed by atoms with van der Waals surface area (Å²) in [6.45, 7) is 2.51. The van der Waals surface area contributed by atoms with E-state index in [0.29, 0.717) is 32.8 Å². The van der Waals surface area contributed by atoms with Crippen molar-refractivity contribution in [1.29, 1.82) is 0 Å². The molecule has 0 spiro atoms. The molecule has 37 heavy (non-hydrogen) atoms. The number of anilines is 1. The first-order valence-electron chi connectivity index (χ1n) is 12.8. The highest BCUT2D eigenvalue weighted by Crippen LogP contribution is 2.29. The maximum absolute atomic E-state index is 13.6. The van der Waals surface area contributed by atoms with Gasteiger partial charge in [0, 0.05) is 30.8 Å². The van der Waals surface area contributed by atoms with Crippen molar-refractivity contribution < 1.29 is 23.4 Å². The number of ether oxygens (including phenoxy) is 3. The molecule has 1 unspecified atom stereocenters. The van der Waals surface area contributed by atoms with Crippen LogP contribution in [0.5, 0.6) is 11.5 Å². The summed E-state index contributed by atoms with van der Waals surface area (Å²) in [6.07, 6.45) is 2.90. The Labute approximate surface area is 218 Å². The maximum atomic E-state index is 13.6. The van der Waals surface area contributed by atoms with Crippen LogP contribution >= 0.6 is 0 Å². The van der Waals surface area contributed by atoms with Crippen LogP contribution in [0.2, 0.25) is 0 Å². The molecule has 196 valence electrons. The number of carbonyl (C=O) groups is 1. The second-order valence-electron chi connectivity index (χ2n) is 9.21. The van der Waals surface area contributed by atoms with Crippen molar-refractivity contribution >= 4 is 11.6 Å². The van der Waals surface area contributed by atoms with Crippen LogP contribution in [0.4, 0.5) is 10.1 Å². The van der Waals surface area contributed by atoms with E-state index >= 15 is 0 Å². The second-order valence-corrected chi connectivity index (χ2v) is 9.21. The number of benzene rings is 3. The number of amides is 1. The van der Waals surface area contributed by atoms with Crippen molar-refractivity contribution in [3.8, 4) is 11.5 Å². The standard InChI is InChI=1S/C30H35FN2O4/c1-35-29-8-3-2-6-24(29)21-36-16-5-17-37-27-12-9-22(10-13-27)18-25(20-32)30(34)33-15-4-7-23-19-26(31)11-14-28(23)33/h2-3,6,8-14,19,25H,4-5,7,15-18,20-21,32H2,1H3. The molecule has 0 radical (unpaired) electrons. The first kappa shape index (κ1) is 26.6. The van der Waals surface area contributed by atoms with Crippen molar-refractivity contribution in [2.75, 3.05) is 38.3 Å². The minimum Gasteiger partial charge on any atom is -0.496 e. The van der Waals surface area contributed by atoms with Gasteiger partial charge in [-0.15, -0.1) is 0 Å². The molecule has 6 nitrogen and oxygen atoms in total. The van der Waals surface area contributed by atoms with E-state index in [-0.39, 0.29) is 24.2 Å². The van der Waals surface area contributed by atoms with Gasteiger partial charge in [0.25, 0.3) is 0 Å². The van der Waals surface area contributed by atoms with E-state index in [4.69, 9.17) is 19.9 Å². The number of hydrogen-bond donors (Lipinski definition) is 1. The molecule has 1 aliphatic rings. The molecule has 7 heteroatoms. The Bertz CT molecular complexity index is 1170. The molecule has 1 aliphatic heterocycles. The third-order valence-corrected chi connectivity index (χ3v) is 6.62. The Kier molecular flexibility index (Phi) is 9.52. The van der Waals surface area contributed by atoms with Crippen LogP contribution in [0.25, 0.3) is 0 Å². The molecule has 0 fully saturated rings. The second kappa shape index (κ2) is 13.2. The lowest BCUT2D eigenvalue weighted by Gasteiger charge is -2.32. The quantitative estimate of drug-likeness (QED) is 0.353. The average molecular weight is 507 g/mol. The maximum Gasteiger partial charge on any atom is 0.231 e. The number of para-hydroxylation sites is 1. The number of nitrogens with two attached hydrogens (primary N) is 1. The minimum absolute atomic E-state index is 0.0106. The van der Waals surface area contributed by atoms with E-state index in [0.717, 1.165) is 53.1 Å². The van der Waals surface area contributed by atoms with Crippen LogP contribution in [0, 0.1) is 11.7 Å². The van der Waals surface area contributed by atoms with Gasteiger partial charge in [-0.1, -0.05) is 30.3 Å². The Hall–Kier alpha value is -3.42. The van der Waals surface area contributed by atoms with Crippen molar-refractivity contribution in [2.24, 2.45) is 11.7 Å². The van der Waals surface area contributed by atoms with E-state index in [2.05, 4.69) is 0 Å². The lowest BCUT2D eigenvalue weighted by Crippen LogP contribution is -2.42. The van der Waals surface area contributed by atoms with Crippen molar-refractivity contribution in [3.05, 3.63) is 89.2 Å². The molecule has 0 bridgehead atoms. The van der Waals surface area contributed by atoms with Crippen molar-refractivity contribution in [1.82, 2.24) is 0 Å². The predicted octanol–water partition coefficient (Wildman–Crippen LogP) is 4.92. The Balaban J connectivity index is 1.23. The molecule has 0 aromatic heterocycles. The molecule has 1 atom stereocenters. The molecule has 2 N–H and O–H groups in total. The number of methoxy groups -OCH3 is 1. The van der Waals surface area contributed by atoms with Crippen molar-refractivity contribution in [2.45, 2.75) is 32.3 Å². The summed E-state index contributed by atoms with van der Waals surface area (Å²) >= 11 is 0. The summed E-state index contributed by atoms with van der Waals surface area (Å²) in [5.41, 5.74) is 9.73. The predicted molar refractivity (Wildman–Crippen MR) is 143 cm³/mol. The highest BCUT2D eigenvalue weighted by atomic mass is 19.1. The SMILES string of the molecule is COc1ccccc1COCCCOc1ccc(CC(CN)C(=O)N2CCCc3cc(F)ccc32)cc1. The number of hydrogen-bond acceptors (Lipinski definition) is 5. The number of nitrogens with zero attached hydrogens (tertiary/aromatic N) is 1. The summed E-state index contributed by atoms with van der Waals surface area (Å²) in [5.74, 6) is 0.974. The fourth-order valence-electron chi connectivity index (χ4n) is 4.65. The van der Waals surface area contributed by atoms with Gasteiger partial charge in [-0.2, -0.15) is 0 Å². The van der Waals surface area contributed by atoms with Gasteiger partial charge in [0.05, 0.1) is 32.8 Å². The van der Waals surface area contributed by atoms with Crippen LogP contribution in [0.1, 0.15) is 29.5 Å². The van der Waals surface area contributed by atoms with Gasteiger partial charge < -0.3 is 24.8 Å². The normalized spacial score (nSPS) is 13.6. The van der Waals surface area contributed by atoms with E-state index < -0.39 is 0 Å². The van der Waals surface area contributed by atoms with Gasteiger partial charge in [0.1, 0.15) is 17.3 Å². The fraction of sp³-hybridized carbons (Fsp3) is 0.367. The lowest BCUT2D eigenvalue weighted by molar-refractivity contribution is -0.122. The monoisotopic (exact) mass is 506 g/mol. The Morgan fingerprint density at radius 2 is 1.89 bits per heavy atom. The zero-order valence-electron chi connectivity index (χ0n) is 21.3. The lowest BCUT2D eigenvalue weighted by atomic mass is 9.95. The first-order chi connectivity index (χ1) is 18.1. The highest BCUT2D eigenvalue weighted by Gasteiger charge is 2.28. The van der Waals surface area contributed by atoms with E-state index in [1.54, 1.807) is 18.1 Å². The Morgan fingerprint density at radius 1 is 1.08 bits per heavy atom. The molecule has 1 heterocycles. The highest BCUT2D eigenvalue weighted by molar-refractivity contribution is 5.96. The van der Waals surface area contributed by atoms with E-state index in [1.165, 1.54) is 12.1 Å². The first-order valence-corrected chi connectivity index (χ1v) is 12.8. The number of halogens is 1. The molecule has 3 aromatic rings. The third-order valence-electron chi connectivity index (χ3n) is 6.62. The van der Waals surface area contributed by atoms with Gasteiger partial charge in [0.15, 0.2) is 0 Å². The van der Waals surface area contributed by atoms with Crippen LogP contribution in [-0.4, -0.2) is 39.3 Å². The molecular formula is C30H35FN2O4. The molecule has 4 rings (SSSR count). The zero-order chi connectivity index (χ0) is 26.0. The average Bonchev–Trinajstić information content (AvgIpc) is 2.93. The number of carbonyl (C=O) groups excluding carboxylic acids is 1. The van der Waals surface area contributed by atoms with Crippen LogP contribution in [0.15, 0.2) is 66.7 Å². The summed E-state index contributed by atoms with van der Waals surface area (Å²) in [6, 6.07) is 20.2. The molecule has 0 saturated carbocycles. The molecule has 0 aliphatic carbocycles. The van der Waals surface area contributed by atoms with Gasteiger partial charge in [-0.05, 0) is 66.8 Å². The number of fused-ring (bicyclic) bond motifs is 1. The minimum atomic E-state index is -0.344. The Morgan fingerprint density at radius 3 is 2.68 bits per heavy atom. The van der Waals surface area contributed by atoms with E-state index in [9.17, 15) is 9.18 Å². The van der Waals surface area contributed by atoms with Crippen LogP contribution in [0.3, 0.4) is 0 Å². The summed E-state index contributed by atoms with van der Waals surface area (Å²) in [4.78, 5) is 15.1. The van der Waals surface area contributed by atoms with Gasteiger partial charge in [-0.25, -0.2) is 4.39 Å². The summed E-state index contributed by atoms with van der Waals surface area (Å²) < 4.78 is 30.6. The van der Waals surface area contributed by atoms with E-state index in [1.807, 2.05) is 48.5 Å². The molecule has 1 amide bonds.